The molecule has 20 heavy (non-hydrogen) atoms. The van der Waals surface area contributed by atoms with Gasteiger partial charge in [0.1, 0.15) is 4.90 Å². The molecule has 104 valence electrons. The number of fused-ring (bicyclic) bond motifs is 1. The van der Waals surface area contributed by atoms with Gasteiger partial charge in [-0.15, -0.1) is 0 Å². The van der Waals surface area contributed by atoms with Crippen LogP contribution in [0, 0.1) is 0 Å². The minimum atomic E-state index is -3.58. The Kier molecular flexibility index (Phi) is 3.15. The molecule has 0 radical (unpaired) electrons. The van der Waals surface area contributed by atoms with Crippen LogP contribution in [0.3, 0.4) is 0 Å². The predicted octanol–water partition coefficient (Wildman–Crippen LogP) is 0.677. The van der Waals surface area contributed by atoms with E-state index < -0.39 is 10.0 Å². The van der Waals surface area contributed by atoms with Gasteiger partial charge in [0.15, 0.2) is 0 Å². The largest absolute Gasteiger partial charge is 0.368 e. The first kappa shape index (κ1) is 13.0. The van der Waals surface area contributed by atoms with Crippen LogP contribution in [0.1, 0.15) is 17.0 Å². The van der Waals surface area contributed by atoms with E-state index >= 15 is 0 Å². The molecule has 1 aliphatic rings. The van der Waals surface area contributed by atoms with Crippen LogP contribution in [-0.2, 0) is 16.4 Å². The number of hydrogen-bond acceptors (Lipinski definition) is 5. The first-order chi connectivity index (χ1) is 9.56. The van der Waals surface area contributed by atoms with Crippen molar-refractivity contribution in [2.24, 2.45) is 0 Å². The fourth-order valence-electron chi connectivity index (χ4n) is 2.30. The molecule has 1 aromatic heterocycles. The number of nitrogens with two attached hydrogens (primary N) is 1. The summed E-state index contributed by atoms with van der Waals surface area (Å²) in [7, 11) is -3.58. The molecule has 1 atom stereocenters. The average molecular weight is 290 g/mol. The first-order valence-corrected chi connectivity index (χ1v) is 7.69. The van der Waals surface area contributed by atoms with E-state index in [4.69, 9.17) is 5.73 Å². The molecule has 3 N–H and O–H groups in total. The lowest BCUT2D eigenvalue weighted by Gasteiger charge is -2.30. The Bertz CT molecular complexity index is 728. The molecule has 2 aromatic rings. The number of sulfonamides is 1. The molecule has 3 rings (SSSR count). The maximum atomic E-state index is 12.1. The van der Waals surface area contributed by atoms with Crippen molar-refractivity contribution >= 4 is 16.0 Å². The Labute approximate surface area is 117 Å². The summed E-state index contributed by atoms with van der Waals surface area (Å²) in [5.41, 5.74) is 7.83. The zero-order valence-corrected chi connectivity index (χ0v) is 11.5. The standard InChI is InChI=1S/C13H14N4O2S/c14-13-15-7-11(8-16-13)20(18,19)17-6-10-5-9-3-1-2-4-12(9)10/h1-4,7-8,10,17H,5-6H2,(H2,14,15,16). The lowest BCUT2D eigenvalue weighted by molar-refractivity contribution is 0.551. The lowest BCUT2D eigenvalue weighted by atomic mass is 9.78. The summed E-state index contributed by atoms with van der Waals surface area (Å²) in [4.78, 5) is 7.41. The van der Waals surface area contributed by atoms with E-state index in [2.05, 4.69) is 20.8 Å². The van der Waals surface area contributed by atoms with E-state index in [-0.39, 0.29) is 16.8 Å². The molecule has 1 heterocycles. The van der Waals surface area contributed by atoms with Gasteiger partial charge >= 0.3 is 0 Å². The Morgan fingerprint density at radius 2 is 1.95 bits per heavy atom. The molecule has 0 fully saturated rings. The van der Waals surface area contributed by atoms with Crippen LogP contribution in [0.15, 0.2) is 41.6 Å². The molecule has 0 saturated carbocycles. The molecule has 0 amide bonds. The van der Waals surface area contributed by atoms with Gasteiger partial charge in [-0.3, -0.25) is 0 Å². The van der Waals surface area contributed by atoms with Crippen molar-refractivity contribution in [1.29, 1.82) is 0 Å². The molecule has 0 spiro atoms. The number of nitrogens with zero attached hydrogens (tertiary/aromatic N) is 2. The minimum absolute atomic E-state index is 0.0271. The zero-order valence-electron chi connectivity index (χ0n) is 10.7. The molecule has 0 bridgehead atoms. The normalized spacial score (nSPS) is 17.3. The highest BCUT2D eigenvalue weighted by molar-refractivity contribution is 7.89. The first-order valence-electron chi connectivity index (χ1n) is 6.21. The number of anilines is 1. The monoisotopic (exact) mass is 290 g/mol. The Hall–Kier alpha value is -1.99. The summed E-state index contributed by atoms with van der Waals surface area (Å²) in [5.74, 6) is 0.285. The van der Waals surface area contributed by atoms with Crippen LogP contribution in [0.4, 0.5) is 5.95 Å². The van der Waals surface area contributed by atoms with Crippen molar-refractivity contribution in [3.8, 4) is 0 Å². The molecular formula is C13H14N4O2S. The van der Waals surface area contributed by atoms with Crippen molar-refractivity contribution in [2.45, 2.75) is 17.2 Å². The zero-order chi connectivity index (χ0) is 14.2. The number of hydrogen-bond donors (Lipinski definition) is 2. The Morgan fingerprint density at radius 3 is 2.65 bits per heavy atom. The molecule has 6 nitrogen and oxygen atoms in total. The minimum Gasteiger partial charge on any atom is -0.368 e. The highest BCUT2D eigenvalue weighted by atomic mass is 32.2. The highest BCUT2D eigenvalue weighted by Crippen LogP contribution is 2.34. The van der Waals surface area contributed by atoms with Crippen molar-refractivity contribution in [3.05, 3.63) is 47.8 Å². The van der Waals surface area contributed by atoms with Crippen LogP contribution in [-0.4, -0.2) is 24.9 Å². The van der Waals surface area contributed by atoms with Crippen molar-refractivity contribution in [3.63, 3.8) is 0 Å². The van der Waals surface area contributed by atoms with Gasteiger partial charge in [-0.25, -0.2) is 23.1 Å². The summed E-state index contributed by atoms with van der Waals surface area (Å²) in [6.07, 6.45) is 3.32. The summed E-state index contributed by atoms with van der Waals surface area (Å²) >= 11 is 0. The average Bonchev–Trinajstić information content (AvgIpc) is 2.40. The molecule has 1 aliphatic carbocycles. The van der Waals surface area contributed by atoms with Gasteiger partial charge in [0.05, 0.1) is 12.4 Å². The van der Waals surface area contributed by atoms with E-state index in [9.17, 15) is 8.42 Å². The Morgan fingerprint density at radius 1 is 1.25 bits per heavy atom. The number of benzene rings is 1. The van der Waals surface area contributed by atoms with Crippen LogP contribution in [0.2, 0.25) is 0 Å². The van der Waals surface area contributed by atoms with Crippen LogP contribution < -0.4 is 10.5 Å². The van der Waals surface area contributed by atoms with Gasteiger partial charge < -0.3 is 5.73 Å². The highest BCUT2D eigenvalue weighted by Gasteiger charge is 2.27. The van der Waals surface area contributed by atoms with E-state index in [0.717, 1.165) is 6.42 Å². The van der Waals surface area contributed by atoms with Crippen LogP contribution >= 0.6 is 0 Å². The topological polar surface area (TPSA) is 98.0 Å². The van der Waals surface area contributed by atoms with Gasteiger partial charge in [0, 0.05) is 12.5 Å². The van der Waals surface area contributed by atoms with E-state index in [0.29, 0.717) is 6.54 Å². The van der Waals surface area contributed by atoms with Crippen molar-refractivity contribution < 1.29 is 8.42 Å². The smallest absolute Gasteiger partial charge is 0.243 e. The van der Waals surface area contributed by atoms with Gasteiger partial charge in [0.25, 0.3) is 0 Å². The molecule has 0 aliphatic heterocycles. The maximum absolute atomic E-state index is 12.1. The second-order valence-electron chi connectivity index (χ2n) is 4.73. The number of nitrogens with one attached hydrogen (secondary N) is 1. The number of nitrogen functional groups attached to an aromatic ring is 1. The fourth-order valence-corrected chi connectivity index (χ4v) is 3.27. The molecular weight excluding hydrogens is 276 g/mol. The van der Waals surface area contributed by atoms with Gasteiger partial charge in [-0.2, -0.15) is 0 Å². The number of aromatic nitrogens is 2. The fraction of sp³-hybridized carbons (Fsp3) is 0.231. The summed E-state index contributed by atoms with van der Waals surface area (Å²) in [6, 6.07) is 8.05. The third kappa shape index (κ3) is 2.37. The molecule has 7 heteroatoms. The summed E-state index contributed by atoms with van der Waals surface area (Å²) < 4.78 is 26.7. The van der Waals surface area contributed by atoms with Crippen molar-refractivity contribution in [1.82, 2.24) is 14.7 Å². The van der Waals surface area contributed by atoms with Gasteiger partial charge in [0.2, 0.25) is 16.0 Å². The number of rotatable bonds is 4. The molecule has 1 aromatic carbocycles. The summed E-state index contributed by atoms with van der Waals surface area (Å²) in [6.45, 7) is 0.379. The van der Waals surface area contributed by atoms with Crippen LogP contribution in [0.25, 0.3) is 0 Å². The van der Waals surface area contributed by atoms with Gasteiger partial charge in [-0.05, 0) is 17.5 Å². The Balaban J connectivity index is 1.68. The third-order valence-corrected chi connectivity index (χ3v) is 4.82. The predicted molar refractivity (Wildman–Crippen MR) is 74.5 cm³/mol. The van der Waals surface area contributed by atoms with E-state index in [1.807, 2.05) is 18.2 Å². The van der Waals surface area contributed by atoms with Gasteiger partial charge in [-0.1, -0.05) is 24.3 Å². The van der Waals surface area contributed by atoms with E-state index in [1.54, 1.807) is 0 Å². The third-order valence-electron chi connectivity index (χ3n) is 3.44. The second-order valence-corrected chi connectivity index (χ2v) is 6.50. The quantitative estimate of drug-likeness (QED) is 0.862. The maximum Gasteiger partial charge on any atom is 0.243 e. The van der Waals surface area contributed by atoms with Crippen molar-refractivity contribution in [2.75, 3.05) is 12.3 Å². The molecule has 0 saturated heterocycles. The van der Waals surface area contributed by atoms with E-state index in [1.165, 1.54) is 23.5 Å². The van der Waals surface area contributed by atoms with Crippen LogP contribution in [0.5, 0.6) is 0 Å². The SMILES string of the molecule is Nc1ncc(S(=O)(=O)NCC2Cc3ccccc32)cn1. The summed E-state index contributed by atoms with van der Waals surface area (Å²) in [5, 5.41) is 0. The second kappa shape index (κ2) is 4.84. The molecule has 1 unspecified atom stereocenters. The lowest BCUT2D eigenvalue weighted by Crippen LogP contribution is -2.33.